The van der Waals surface area contributed by atoms with Gasteiger partial charge in [0, 0.05) is 17.7 Å². The molecule has 2 N–H and O–H groups in total. The monoisotopic (exact) mass is 377 g/mol. The molecule has 0 bridgehead atoms. The van der Waals surface area contributed by atoms with Crippen LogP contribution < -0.4 is 10.1 Å². The molecule has 0 radical (unpaired) electrons. The third-order valence-corrected chi connectivity index (χ3v) is 3.82. The van der Waals surface area contributed by atoms with Gasteiger partial charge in [-0.3, -0.25) is 9.59 Å². The van der Waals surface area contributed by atoms with E-state index in [0.29, 0.717) is 22.1 Å². The van der Waals surface area contributed by atoms with E-state index in [0.717, 1.165) is 0 Å². The fourth-order valence-electron chi connectivity index (χ4n) is 2.47. The SMILES string of the molecule is COCC(C)(CC(=O)O)NC(=O)c1cccc(Oc2ccc(Cl)cc2)c1. The number of aliphatic carboxylic acids is 1. The summed E-state index contributed by atoms with van der Waals surface area (Å²) in [4.78, 5) is 23.6. The summed E-state index contributed by atoms with van der Waals surface area (Å²) in [5.74, 6) is -0.370. The predicted molar refractivity (Wildman–Crippen MR) is 98.0 cm³/mol. The molecule has 1 atom stereocenters. The van der Waals surface area contributed by atoms with Gasteiger partial charge in [0.1, 0.15) is 11.5 Å². The largest absolute Gasteiger partial charge is 0.481 e. The van der Waals surface area contributed by atoms with Gasteiger partial charge in [0.25, 0.3) is 5.91 Å². The van der Waals surface area contributed by atoms with Gasteiger partial charge in [0.05, 0.1) is 18.6 Å². The Morgan fingerprint density at radius 2 is 1.85 bits per heavy atom. The molecule has 138 valence electrons. The number of carbonyl (C=O) groups excluding carboxylic acids is 1. The Bertz CT molecular complexity index is 778. The summed E-state index contributed by atoms with van der Waals surface area (Å²) in [6.07, 6.45) is -0.256. The first-order valence-corrected chi connectivity index (χ1v) is 8.26. The zero-order chi connectivity index (χ0) is 19.2. The molecule has 7 heteroatoms. The number of carboxylic acid groups (broad SMARTS) is 1. The van der Waals surface area contributed by atoms with Crippen LogP contribution in [0.3, 0.4) is 0 Å². The Morgan fingerprint density at radius 1 is 1.15 bits per heavy atom. The summed E-state index contributed by atoms with van der Waals surface area (Å²) in [5.41, 5.74) is -0.672. The molecule has 0 aliphatic heterocycles. The summed E-state index contributed by atoms with van der Waals surface area (Å²) >= 11 is 5.84. The number of methoxy groups -OCH3 is 1. The molecular formula is C19H20ClNO5. The predicted octanol–water partition coefficient (Wildman–Crippen LogP) is 3.74. The van der Waals surface area contributed by atoms with E-state index in [9.17, 15) is 9.59 Å². The van der Waals surface area contributed by atoms with E-state index < -0.39 is 17.4 Å². The van der Waals surface area contributed by atoms with E-state index in [4.69, 9.17) is 26.2 Å². The van der Waals surface area contributed by atoms with Crippen molar-refractivity contribution in [2.24, 2.45) is 0 Å². The van der Waals surface area contributed by atoms with Gasteiger partial charge in [-0.25, -0.2) is 0 Å². The molecule has 26 heavy (non-hydrogen) atoms. The molecule has 0 aromatic heterocycles. The zero-order valence-corrected chi connectivity index (χ0v) is 15.2. The van der Waals surface area contributed by atoms with E-state index in [1.54, 1.807) is 55.5 Å². The van der Waals surface area contributed by atoms with Crippen LogP contribution in [0, 0.1) is 0 Å². The first-order valence-electron chi connectivity index (χ1n) is 7.88. The number of benzene rings is 2. The standard InChI is InChI=1S/C19H20ClNO5/c1-19(12-25-2,11-17(22)23)21-18(24)13-4-3-5-16(10-13)26-15-8-6-14(20)7-9-15/h3-10H,11-12H2,1-2H3,(H,21,24)(H,22,23). The van der Waals surface area contributed by atoms with Crippen molar-refractivity contribution in [3.8, 4) is 11.5 Å². The number of hydrogen-bond donors (Lipinski definition) is 2. The number of carbonyl (C=O) groups is 2. The molecule has 0 fully saturated rings. The third-order valence-electron chi connectivity index (χ3n) is 3.57. The number of hydrogen-bond acceptors (Lipinski definition) is 4. The minimum Gasteiger partial charge on any atom is -0.481 e. The van der Waals surface area contributed by atoms with E-state index in [-0.39, 0.29) is 13.0 Å². The molecule has 6 nitrogen and oxygen atoms in total. The van der Waals surface area contributed by atoms with E-state index in [1.165, 1.54) is 7.11 Å². The second-order valence-electron chi connectivity index (χ2n) is 6.10. The van der Waals surface area contributed by atoms with Gasteiger partial charge in [0.2, 0.25) is 0 Å². The lowest BCUT2D eigenvalue weighted by Gasteiger charge is -2.28. The molecule has 2 aromatic rings. The lowest BCUT2D eigenvalue weighted by molar-refractivity contribution is -0.139. The normalized spacial score (nSPS) is 12.9. The highest BCUT2D eigenvalue weighted by Crippen LogP contribution is 2.24. The number of ether oxygens (including phenoxy) is 2. The highest BCUT2D eigenvalue weighted by Gasteiger charge is 2.30. The zero-order valence-electron chi connectivity index (χ0n) is 14.5. The molecule has 0 spiro atoms. The molecule has 1 amide bonds. The number of rotatable bonds is 8. The highest BCUT2D eigenvalue weighted by atomic mass is 35.5. The van der Waals surface area contributed by atoms with E-state index in [2.05, 4.69) is 5.32 Å². The van der Waals surface area contributed by atoms with Gasteiger partial charge in [-0.05, 0) is 49.4 Å². The molecule has 0 saturated carbocycles. The summed E-state index contributed by atoms with van der Waals surface area (Å²) in [7, 11) is 1.45. The average molecular weight is 378 g/mol. The Hall–Kier alpha value is -2.57. The first-order chi connectivity index (χ1) is 12.3. The average Bonchev–Trinajstić information content (AvgIpc) is 2.56. The van der Waals surface area contributed by atoms with Crippen molar-refractivity contribution >= 4 is 23.5 Å². The van der Waals surface area contributed by atoms with Crippen molar-refractivity contribution in [2.45, 2.75) is 18.9 Å². The van der Waals surface area contributed by atoms with Crippen LogP contribution in [0.4, 0.5) is 0 Å². The number of nitrogens with one attached hydrogen (secondary N) is 1. The summed E-state index contributed by atoms with van der Waals surface area (Å²) in [6, 6.07) is 13.5. The quantitative estimate of drug-likeness (QED) is 0.732. The summed E-state index contributed by atoms with van der Waals surface area (Å²) in [5, 5.41) is 12.4. The van der Waals surface area contributed by atoms with Gasteiger partial charge in [-0.15, -0.1) is 0 Å². The van der Waals surface area contributed by atoms with Crippen molar-refractivity contribution in [3.63, 3.8) is 0 Å². The smallest absolute Gasteiger partial charge is 0.305 e. The number of halogens is 1. The fourth-order valence-corrected chi connectivity index (χ4v) is 2.60. The Balaban J connectivity index is 2.13. The van der Waals surface area contributed by atoms with Crippen LogP contribution in [-0.2, 0) is 9.53 Å². The van der Waals surface area contributed by atoms with Crippen LogP contribution in [0.5, 0.6) is 11.5 Å². The summed E-state index contributed by atoms with van der Waals surface area (Å²) < 4.78 is 10.8. The molecule has 0 heterocycles. The van der Waals surface area contributed by atoms with Crippen molar-refractivity contribution in [2.75, 3.05) is 13.7 Å². The maximum atomic E-state index is 12.5. The second kappa shape index (κ2) is 8.69. The molecule has 1 unspecified atom stereocenters. The summed E-state index contributed by atoms with van der Waals surface area (Å²) in [6.45, 7) is 1.70. The molecule has 2 aromatic carbocycles. The van der Waals surface area contributed by atoms with Crippen molar-refractivity contribution in [1.82, 2.24) is 5.32 Å². The van der Waals surface area contributed by atoms with Crippen LogP contribution in [0.1, 0.15) is 23.7 Å². The Labute approximate surface area is 156 Å². The topological polar surface area (TPSA) is 84.9 Å². The molecule has 0 saturated heterocycles. The fraction of sp³-hybridized carbons (Fsp3) is 0.263. The Kier molecular flexibility index (Phi) is 6.60. The maximum Gasteiger partial charge on any atom is 0.305 e. The molecule has 2 rings (SSSR count). The molecular weight excluding hydrogens is 358 g/mol. The lowest BCUT2D eigenvalue weighted by atomic mass is 9.98. The van der Waals surface area contributed by atoms with Gasteiger partial charge in [-0.1, -0.05) is 17.7 Å². The van der Waals surface area contributed by atoms with Crippen molar-refractivity contribution in [3.05, 3.63) is 59.1 Å². The van der Waals surface area contributed by atoms with Crippen LogP contribution in [0.25, 0.3) is 0 Å². The van der Waals surface area contributed by atoms with Crippen LogP contribution >= 0.6 is 11.6 Å². The van der Waals surface area contributed by atoms with Crippen molar-refractivity contribution < 1.29 is 24.2 Å². The third kappa shape index (κ3) is 5.75. The highest BCUT2D eigenvalue weighted by molar-refractivity contribution is 6.30. The minimum absolute atomic E-state index is 0.0754. The number of amides is 1. The second-order valence-corrected chi connectivity index (χ2v) is 6.54. The van der Waals surface area contributed by atoms with E-state index >= 15 is 0 Å². The van der Waals surface area contributed by atoms with Crippen LogP contribution in [-0.4, -0.2) is 36.2 Å². The van der Waals surface area contributed by atoms with Gasteiger partial charge in [-0.2, -0.15) is 0 Å². The molecule has 0 aliphatic rings. The molecule has 0 aliphatic carbocycles. The first kappa shape index (κ1) is 19.8. The minimum atomic E-state index is -1.02. The van der Waals surface area contributed by atoms with Gasteiger partial charge < -0.3 is 19.9 Å². The van der Waals surface area contributed by atoms with Crippen LogP contribution in [0.2, 0.25) is 5.02 Å². The maximum absolute atomic E-state index is 12.5. The van der Waals surface area contributed by atoms with Gasteiger partial charge in [0.15, 0.2) is 0 Å². The Morgan fingerprint density at radius 3 is 2.46 bits per heavy atom. The van der Waals surface area contributed by atoms with E-state index in [1.807, 2.05) is 0 Å². The number of carboxylic acids is 1. The lowest BCUT2D eigenvalue weighted by Crippen LogP contribution is -2.50. The van der Waals surface area contributed by atoms with Crippen molar-refractivity contribution in [1.29, 1.82) is 0 Å². The van der Waals surface area contributed by atoms with Gasteiger partial charge >= 0.3 is 5.97 Å². The van der Waals surface area contributed by atoms with Crippen LogP contribution in [0.15, 0.2) is 48.5 Å².